The summed E-state index contributed by atoms with van der Waals surface area (Å²) in [6.45, 7) is 1.33. The topological polar surface area (TPSA) is 40.6 Å². The van der Waals surface area contributed by atoms with Crippen LogP contribution < -0.4 is 0 Å². The lowest BCUT2D eigenvalue weighted by Crippen LogP contribution is -2.54. The van der Waals surface area contributed by atoms with Crippen LogP contribution in [0.4, 0.5) is 0 Å². The van der Waals surface area contributed by atoms with Gasteiger partial charge in [-0.15, -0.1) is 0 Å². The predicted molar refractivity (Wildman–Crippen MR) is 127 cm³/mol. The zero-order valence-electron chi connectivity index (χ0n) is 19.3. The number of carbonyl (C=O) groups is 2. The van der Waals surface area contributed by atoms with Crippen LogP contribution in [0.2, 0.25) is 0 Å². The lowest BCUT2D eigenvalue weighted by atomic mass is 9.72. The van der Waals surface area contributed by atoms with Gasteiger partial charge in [-0.1, -0.05) is 61.0 Å². The summed E-state index contributed by atoms with van der Waals surface area (Å²) in [5.74, 6) is 0.654. The standard InChI is InChI=1S/C28H34N2O2/c1-29(2)26(32)28(18-22-12-6-7-13-23(22)21-10-4-3-5-11-21)16-9-17-30(20-28)25(31)24-19-27(24)14-8-15-27/h3-7,10-13,24H,8-9,14-20H2,1-2H3/t24-,28+/m0/s1. The van der Waals surface area contributed by atoms with Crippen LogP contribution in [-0.2, 0) is 16.0 Å². The Labute approximate surface area is 191 Å². The first-order valence-electron chi connectivity index (χ1n) is 12.1. The number of amides is 2. The highest BCUT2D eigenvalue weighted by atomic mass is 16.2. The van der Waals surface area contributed by atoms with Crippen molar-refractivity contribution in [2.45, 2.75) is 44.9 Å². The maximum absolute atomic E-state index is 13.6. The molecule has 32 heavy (non-hydrogen) atoms. The Balaban J connectivity index is 1.44. The van der Waals surface area contributed by atoms with Crippen LogP contribution in [0.3, 0.4) is 0 Å². The van der Waals surface area contributed by atoms with Gasteiger partial charge in [-0.05, 0) is 60.6 Å². The van der Waals surface area contributed by atoms with Crippen molar-refractivity contribution < 1.29 is 9.59 Å². The van der Waals surface area contributed by atoms with Gasteiger partial charge in [0, 0.05) is 33.1 Å². The normalized spacial score (nSPS) is 25.8. The van der Waals surface area contributed by atoms with E-state index < -0.39 is 5.41 Å². The Hall–Kier alpha value is -2.62. The molecule has 0 bridgehead atoms. The van der Waals surface area contributed by atoms with E-state index in [9.17, 15) is 9.59 Å². The highest BCUT2D eigenvalue weighted by molar-refractivity contribution is 5.87. The van der Waals surface area contributed by atoms with Crippen LogP contribution in [0.25, 0.3) is 11.1 Å². The van der Waals surface area contributed by atoms with Crippen LogP contribution in [0.5, 0.6) is 0 Å². The van der Waals surface area contributed by atoms with Gasteiger partial charge in [-0.2, -0.15) is 0 Å². The van der Waals surface area contributed by atoms with E-state index in [-0.39, 0.29) is 11.8 Å². The maximum atomic E-state index is 13.6. The SMILES string of the molecule is CN(C)C(=O)[C@@]1(Cc2ccccc2-c2ccccc2)CCCN(C(=O)[C@@H]2CC23CCC3)C1. The highest BCUT2D eigenvalue weighted by Crippen LogP contribution is 2.66. The molecule has 1 spiro atoms. The summed E-state index contributed by atoms with van der Waals surface area (Å²) >= 11 is 0. The zero-order chi connectivity index (χ0) is 22.3. The zero-order valence-corrected chi connectivity index (χ0v) is 19.3. The van der Waals surface area contributed by atoms with Gasteiger partial charge < -0.3 is 9.80 Å². The maximum Gasteiger partial charge on any atom is 0.230 e. The van der Waals surface area contributed by atoms with E-state index in [1.54, 1.807) is 4.90 Å². The first-order chi connectivity index (χ1) is 15.4. The van der Waals surface area contributed by atoms with Gasteiger partial charge in [-0.25, -0.2) is 0 Å². The second-order valence-electron chi connectivity index (χ2n) is 10.5. The third-order valence-electron chi connectivity index (χ3n) is 8.22. The predicted octanol–water partition coefficient (Wildman–Crippen LogP) is 4.78. The number of benzene rings is 2. The number of hydrogen-bond donors (Lipinski definition) is 0. The number of piperidine rings is 1. The van der Waals surface area contributed by atoms with Crippen molar-refractivity contribution in [1.82, 2.24) is 9.80 Å². The van der Waals surface area contributed by atoms with E-state index in [1.807, 2.05) is 25.1 Å². The van der Waals surface area contributed by atoms with E-state index in [4.69, 9.17) is 0 Å². The molecular weight excluding hydrogens is 396 g/mol. The van der Waals surface area contributed by atoms with Crippen LogP contribution in [0.15, 0.2) is 54.6 Å². The Morgan fingerprint density at radius 2 is 1.69 bits per heavy atom. The fourth-order valence-corrected chi connectivity index (χ4v) is 6.23. The van der Waals surface area contributed by atoms with Gasteiger partial charge in [0.1, 0.15) is 0 Å². The molecule has 2 aromatic carbocycles. The third-order valence-corrected chi connectivity index (χ3v) is 8.22. The van der Waals surface area contributed by atoms with Crippen molar-refractivity contribution in [3.63, 3.8) is 0 Å². The minimum Gasteiger partial charge on any atom is -0.348 e. The molecule has 4 heteroatoms. The Morgan fingerprint density at radius 3 is 2.34 bits per heavy atom. The quantitative estimate of drug-likeness (QED) is 0.685. The number of carbonyl (C=O) groups excluding carboxylic acids is 2. The molecule has 5 rings (SSSR count). The number of rotatable bonds is 5. The minimum atomic E-state index is -0.566. The van der Waals surface area contributed by atoms with Crippen molar-refractivity contribution in [2.24, 2.45) is 16.7 Å². The molecule has 2 amide bonds. The molecule has 1 saturated heterocycles. The number of hydrogen-bond acceptors (Lipinski definition) is 2. The lowest BCUT2D eigenvalue weighted by Gasteiger charge is -2.44. The summed E-state index contributed by atoms with van der Waals surface area (Å²) in [5, 5.41) is 0. The van der Waals surface area contributed by atoms with E-state index in [0.29, 0.717) is 24.3 Å². The van der Waals surface area contributed by atoms with Crippen molar-refractivity contribution in [3.8, 4) is 11.1 Å². The smallest absolute Gasteiger partial charge is 0.230 e. The lowest BCUT2D eigenvalue weighted by molar-refractivity contribution is -0.148. The first-order valence-corrected chi connectivity index (χ1v) is 12.1. The van der Waals surface area contributed by atoms with Crippen molar-refractivity contribution in [3.05, 3.63) is 60.2 Å². The van der Waals surface area contributed by atoms with Gasteiger partial charge in [0.2, 0.25) is 11.8 Å². The van der Waals surface area contributed by atoms with Gasteiger partial charge in [-0.3, -0.25) is 9.59 Å². The molecule has 2 saturated carbocycles. The van der Waals surface area contributed by atoms with Crippen molar-refractivity contribution >= 4 is 11.8 Å². The summed E-state index contributed by atoms with van der Waals surface area (Å²) in [5.41, 5.74) is 3.29. The van der Waals surface area contributed by atoms with Gasteiger partial charge in [0.15, 0.2) is 0 Å². The number of nitrogens with zero attached hydrogens (tertiary/aromatic N) is 2. The molecule has 1 heterocycles. The molecule has 0 N–H and O–H groups in total. The Kier molecular flexibility index (Phi) is 5.35. The molecule has 3 fully saturated rings. The van der Waals surface area contributed by atoms with E-state index in [2.05, 4.69) is 48.5 Å². The van der Waals surface area contributed by atoms with E-state index in [0.717, 1.165) is 25.8 Å². The van der Waals surface area contributed by atoms with Crippen LogP contribution >= 0.6 is 0 Å². The molecule has 168 valence electrons. The molecule has 3 aliphatic rings. The van der Waals surface area contributed by atoms with Crippen LogP contribution in [0.1, 0.15) is 44.1 Å². The summed E-state index contributed by atoms with van der Waals surface area (Å²) in [4.78, 5) is 30.8. The second kappa shape index (κ2) is 8.06. The van der Waals surface area contributed by atoms with Crippen molar-refractivity contribution in [1.29, 1.82) is 0 Å². The Morgan fingerprint density at radius 1 is 0.969 bits per heavy atom. The molecule has 0 aromatic heterocycles. The second-order valence-corrected chi connectivity index (χ2v) is 10.5. The van der Waals surface area contributed by atoms with Gasteiger partial charge >= 0.3 is 0 Å². The summed E-state index contributed by atoms with van der Waals surface area (Å²) < 4.78 is 0. The number of likely N-dealkylation sites (tertiary alicyclic amines) is 1. The van der Waals surface area contributed by atoms with Crippen LogP contribution in [0, 0.1) is 16.7 Å². The molecular formula is C28H34N2O2. The average molecular weight is 431 g/mol. The summed E-state index contributed by atoms with van der Waals surface area (Å²) in [6, 6.07) is 18.8. The molecule has 1 aliphatic heterocycles. The molecule has 4 nitrogen and oxygen atoms in total. The van der Waals surface area contributed by atoms with E-state index in [1.165, 1.54) is 36.0 Å². The van der Waals surface area contributed by atoms with Crippen molar-refractivity contribution in [2.75, 3.05) is 27.2 Å². The fourth-order valence-electron chi connectivity index (χ4n) is 6.23. The molecule has 0 radical (unpaired) electrons. The molecule has 2 aromatic rings. The minimum absolute atomic E-state index is 0.145. The molecule has 2 atom stereocenters. The monoisotopic (exact) mass is 430 g/mol. The molecule has 0 unspecified atom stereocenters. The molecule has 2 aliphatic carbocycles. The first kappa shape index (κ1) is 21.2. The third kappa shape index (κ3) is 3.64. The van der Waals surface area contributed by atoms with E-state index >= 15 is 0 Å². The summed E-state index contributed by atoms with van der Waals surface area (Å²) in [6.07, 6.45) is 7.13. The van der Waals surface area contributed by atoms with Gasteiger partial charge in [0.25, 0.3) is 0 Å². The largest absolute Gasteiger partial charge is 0.348 e. The Bertz CT molecular complexity index is 1010. The fraction of sp³-hybridized carbons (Fsp3) is 0.500. The summed E-state index contributed by atoms with van der Waals surface area (Å²) in [7, 11) is 3.69. The van der Waals surface area contributed by atoms with Crippen LogP contribution in [-0.4, -0.2) is 48.8 Å². The highest BCUT2D eigenvalue weighted by Gasteiger charge is 2.62. The van der Waals surface area contributed by atoms with Gasteiger partial charge in [0.05, 0.1) is 5.41 Å². The average Bonchev–Trinajstić information content (AvgIpc) is 3.56.